The summed E-state index contributed by atoms with van der Waals surface area (Å²) in [6.07, 6.45) is 3.63. The Bertz CT molecular complexity index is 580. The third-order valence-electron chi connectivity index (χ3n) is 2.09. The minimum atomic E-state index is 0.497. The fraction of sp³-hybridized carbons (Fsp3) is 0.0909. The molecule has 0 amide bonds. The lowest BCUT2D eigenvalue weighted by Crippen LogP contribution is -1.97. The smallest absolute Gasteiger partial charge is 0.189 e. The van der Waals surface area contributed by atoms with Crippen molar-refractivity contribution in [3.8, 4) is 0 Å². The van der Waals surface area contributed by atoms with E-state index in [1.165, 1.54) is 11.8 Å². The van der Waals surface area contributed by atoms with E-state index < -0.39 is 0 Å². The third kappa shape index (κ3) is 3.29. The van der Waals surface area contributed by atoms with E-state index in [0.717, 1.165) is 10.2 Å². The van der Waals surface area contributed by atoms with E-state index in [2.05, 4.69) is 31.2 Å². The maximum Gasteiger partial charge on any atom is 0.189 e. The van der Waals surface area contributed by atoms with Gasteiger partial charge in [0.25, 0.3) is 0 Å². The molecule has 0 aliphatic heterocycles. The van der Waals surface area contributed by atoms with Crippen molar-refractivity contribution in [3.05, 3.63) is 38.9 Å². The Kier molecular flexibility index (Phi) is 4.72. The van der Waals surface area contributed by atoms with Gasteiger partial charge in [0.05, 0.1) is 14.5 Å². The number of hydrogen-bond donors (Lipinski definition) is 1. The predicted octanol–water partition coefficient (Wildman–Crippen LogP) is 5.01. The zero-order valence-electron chi connectivity index (χ0n) is 9.25. The molecule has 0 bridgehead atoms. The summed E-state index contributed by atoms with van der Waals surface area (Å²) in [5.74, 6) is 0.688. The van der Waals surface area contributed by atoms with Gasteiger partial charge in [0.15, 0.2) is 5.16 Å². The molecule has 0 fully saturated rings. The Morgan fingerprint density at radius 3 is 2.72 bits per heavy atom. The highest BCUT2D eigenvalue weighted by Crippen LogP contribution is 2.29. The summed E-state index contributed by atoms with van der Waals surface area (Å²) in [4.78, 5) is 8.50. The predicted molar refractivity (Wildman–Crippen MR) is 81.3 cm³/mol. The van der Waals surface area contributed by atoms with Gasteiger partial charge in [-0.15, -0.1) is 0 Å². The number of anilines is 2. The van der Waals surface area contributed by atoms with Crippen molar-refractivity contribution in [2.24, 2.45) is 0 Å². The van der Waals surface area contributed by atoms with E-state index >= 15 is 0 Å². The van der Waals surface area contributed by atoms with Crippen molar-refractivity contribution in [1.29, 1.82) is 0 Å². The Hall–Kier alpha value is -0.490. The summed E-state index contributed by atoms with van der Waals surface area (Å²) in [5.41, 5.74) is 0.816. The molecule has 1 aromatic carbocycles. The molecule has 0 spiro atoms. The maximum atomic E-state index is 5.96. The number of nitrogens with one attached hydrogen (secondary N) is 1. The molecule has 3 nitrogen and oxygen atoms in total. The van der Waals surface area contributed by atoms with Crippen LogP contribution in [0.15, 0.2) is 34.0 Å². The zero-order valence-corrected chi connectivity index (χ0v) is 13.2. The lowest BCUT2D eigenvalue weighted by atomic mass is 10.3. The lowest BCUT2D eigenvalue weighted by Gasteiger charge is -2.09. The van der Waals surface area contributed by atoms with Crippen LogP contribution in [0.1, 0.15) is 0 Å². The molecule has 18 heavy (non-hydrogen) atoms. The summed E-state index contributed by atoms with van der Waals surface area (Å²) in [6, 6.07) is 5.32. The van der Waals surface area contributed by atoms with Gasteiger partial charge in [-0.2, -0.15) is 0 Å². The highest BCUT2D eigenvalue weighted by Gasteiger charge is 2.06. The number of hydrogen-bond acceptors (Lipinski definition) is 4. The Morgan fingerprint density at radius 1 is 1.28 bits per heavy atom. The highest BCUT2D eigenvalue weighted by molar-refractivity contribution is 9.10. The molecule has 94 valence electrons. The van der Waals surface area contributed by atoms with Crippen molar-refractivity contribution in [1.82, 2.24) is 9.97 Å². The molecule has 1 heterocycles. The first kappa shape index (κ1) is 13.9. The van der Waals surface area contributed by atoms with Gasteiger partial charge in [-0.1, -0.05) is 35.0 Å². The molecule has 0 saturated heterocycles. The molecule has 0 atom stereocenters. The van der Waals surface area contributed by atoms with Crippen molar-refractivity contribution in [3.63, 3.8) is 0 Å². The van der Waals surface area contributed by atoms with Crippen LogP contribution in [0.25, 0.3) is 0 Å². The monoisotopic (exact) mass is 363 g/mol. The van der Waals surface area contributed by atoms with Gasteiger partial charge in [0.2, 0.25) is 0 Å². The van der Waals surface area contributed by atoms with Gasteiger partial charge in [0.1, 0.15) is 5.82 Å². The van der Waals surface area contributed by atoms with E-state index in [9.17, 15) is 0 Å². The first-order chi connectivity index (χ1) is 8.60. The second-order valence-corrected chi connectivity index (χ2v) is 5.75. The second-order valence-electron chi connectivity index (χ2n) is 3.31. The maximum absolute atomic E-state index is 5.96. The third-order valence-corrected chi connectivity index (χ3v) is 3.97. The molecular weight excluding hydrogens is 357 g/mol. The molecule has 2 rings (SSSR count). The minimum Gasteiger partial charge on any atom is -0.339 e. The topological polar surface area (TPSA) is 37.8 Å². The fourth-order valence-electron chi connectivity index (χ4n) is 1.25. The minimum absolute atomic E-state index is 0.497. The normalized spacial score (nSPS) is 10.4. The molecule has 2 aromatic rings. The molecule has 0 aliphatic rings. The Morgan fingerprint density at radius 2 is 2.06 bits per heavy atom. The Balaban J connectivity index is 2.30. The van der Waals surface area contributed by atoms with Gasteiger partial charge in [-0.05, 0) is 40.4 Å². The summed E-state index contributed by atoms with van der Waals surface area (Å²) in [6.45, 7) is 0. The van der Waals surface area contributed by atoms with Crippen LogP contribution in [-0.4, -0.2) is 16.2 Å². The SMILES string of the molecule is CSc1ncc(Br)c(Nc2ccc(Cl)c(Cl)c2)n1. The molecule has 0 unspecified atom stereocenters. The van der Waals surface area contributed by atoms with Crippen LogP contribution < -0.4 is 5.32 Å². The Labute approximate surface area is 127 Å². The zero-order chi connectivity index (χ0) is 13.1. The lowest BCUT2D eigenvalue weighted by molar-refractivity contribution is 0.967. The van der Waals surface area contributed by atoms with Crippen LogP contribution in [0.2, 0.25) is 10.0 Å². The van der Waals surface area contributed by atoms with Crippen molar-refractivity contribution < 1.29 is 0 Å². The average Bonchev–Trinajstić information content (AvgIpc) is 2.36. The van der Waals surface area contributed by atoms with E-state index in [1.807, 2.05) is 12.3 Å². The van der Waals surface area contributed by atoms with Gasteiger partial charge in [-0.3, -0.25) is 0 Å². The summed E-state index contributed by atoms with van der Waals surface area (Å²) >= 11 is 16.7. The second kappa shape index (κ2) is 6.10. The number of nitrogens with zero attached hydrogens (tertiary/aromatic N) is 2. The number of benzene rings is 1. The quantitative estimate of drug-likeness (QED) is 0.613. The van der Waals surface area contributed by atoms with Crippen LogP contribution in [0.3, 0.4) is 0 Å². The first-order valence-corrected chi connectivity index (χ1v) is 7.66. The molecule has 1 aromatic heterocycles. The fourth-order valence-corrected chi connectivity index (χ4v) is 2.18. The standard InChI is InChI=1S/C11H8BrCl2N3S/c1-18-11-15-5-7(12)10(17-11)16-6-2-3-8(13)9(14)4-6/h2-5H,1H3,(H,15,16,17). The largest absolute Gasteiger partial charge is 0.339 e. The molecule has 0 radical (unpaired) electrons. The number of aromatic nitrogens is 2. The van der Waals surface area contributed by atoms with Crippen molar-refractivity contribution in [2.45, 2.75) is 5.16 Å². The van der Waals surface area contributed by atoms with Crippen LogP contribution >= 0.6 is 50.9 Å². The highest BCUT2D eigenvalue weighted by atomic mass is 79.9. The van der Waals surface area contributed by atoms with Crippen molar-refractivity contribution in [2.75, 3.05) is 11.6 Å². The van der Waals surface area contributed by atoms with E-state index in [-0.39, 0.29) is 0 Å². The van der Waals surface area contributed by atoms with E-state index in [4.69, 9.17) is 23.2 Å². The van der Waals surface area contributed by atoms with Crippen LogP contribution in [-0.2, 0) is 0 Å². The number of halogens is 3. The van der Waals surface area contributed by atoms with Gasteiger partial charge < -0.3 is 5.32 Å². The van der Waals surface area contributed by atoms with Gasteiger partial charge in [0, 0.05) is 11.9 Å². The molecular formula is C11H8BrCl2N3S. The molecule has 0 saturated carbocycles. The number of thioether (sulfide) groups is 1. The summed E-state index contributed by atoms with van der Waals surface area (Å²) in [7, 11) is 0. The van der Waals surface area contributed by atoms with Crippen molar-refractivity contribution >= 4 is 62.4 Å². The average molecular weight is 365 g/mol. The van der Waals surface area contributed by atoms with Crippen LogP contribution in [0, 0.1) is 0 Å². The molecule has 0 aliphatic carbocycles. The first-order valence-electron chi connectivity index (χ1n) is 4.89. The summed E-state index contributed by atoms with van der Waals surface area (Å²) < 4.78 is 0.784. The molecule has 1 N–H and O–H groups in total. The van der Waals surface area contributed by atoms with Crippen LogP contribution in [0.5, 0.6) is 0 Å². The van der Waals surface area contributed by atoms with Crippen LogP contribution in [0.4, 0.5) is 11.5 Å². The summed E-state index contributed by atoms with van der Waals surface area (Å²) in [5, 5.41) is 4.87. The van der Waals surface area contributed by atoms with Gasteiger partial charge in [-0.25, -0.2) is 9.97 Å². The van der Waals surface area contributed by atoms with E-state index in [0.29, 0.717) is 21.0 Å². The number of rotatable bonds is 3. The van der Waals surface area contributed by atoms with E-state index in [1.54, 1.807) is 18.3 Å². The van der Waals surface area contributed by atoms with Gasteiger partial charge >= 0.3 is 0 Å². The molecule has 7 heteroatoms.